The summed E-state index contributed by atoms with van der Waals surface area (Å²) in [6.07, 6.45) is 1.70. The van der Waals surface area contributed by atoms with E-state index in [1.165, 1.54) is 0 Å². The van der Waals surface area contributed by atoms with Crippen molar-refractivity contribution in [1.82, 2.24) is 4.90 Å². The van der Waals surface area contributed by atoms with Crippen molar-refractivity contribution in [1.29, 1.82) is 0 Å². The molecule has 1 saturated heterocycles. The van der Waals surface area contributed by atoms with Gasteiger partial charge >= 0.3 is 0 Å². The Balaban J connectivity index is 1.54. The third-order valence-corrected chi connectivity index (χ3v) is 4.44. The second-order valence-corrected chi connectivity index (χ2v) is 6.24. The van der Waals surface area contributed by atoms with Crippen LogP contribution in [0.2, 0.25) is 0 Å². The molecule has 0 saturated carbocycles. The maximum absolute atomic E-state index is 11.5. The summed E-state index contributed by atoms with van der Waals surface area (Å²) in [7, 11) is 0. The molecule has 1 fully saturated rings. The summed E-state index contributed by atoms with van der Waals surface area (Å²) >= 11 is 0. The number of carbonyl (C=O) groups excluding carboxylic acids is 1. The first-order valence-electron chi connectivity index (χ1n) is 8.68. The van der Waals surface area contributed by atoms with Gasteiger partial charge in [-0.25, -0.2) is 0 Å². The van der Waals surface area contributed by atoms with Gasteiger partial charge in [0, 0.05) is 13.1 Å². The molecule has 2 atom stereocenters. The van der Waals surface area contributed by atoms with Crippen molar-refractivity contribution >= 4 is 5.91 Å². The van der Waals surface area contributed by atoms with Gasteiger partial charge in [0.1, 0.15) is 23.4 Å². The van der Waals surface area contributed by atoms with Crippen LogP contribution in [-0.4, -0.2) is 36.0 Å². The minimum Gasteiger partial charge on any atom is -0.489 e. The molecule has 2 unspecified atom stereocenters. The van der Waals surface area contributed by atoms with Crippen molar-refractivity contribution < 1.29 is 14.3 Å². The fourth-order valence-corrected chi connectivity index (χ4v) is 3.18. The normalized spacial score (nSPS) is 18.7. The number of likely N-dealkylation sites (tertiary alicyclic amines) is 1. The fourth-order valence-electron chi connectivity index (χ4n) is 3.18. The molecule has 0 radical (unpaired) electrons. The van der Waals surface area contributed by atoms with Crippen LogP contribution in [0.1, 0.15) is 19.8 Å². The highest BCUT2D eigenvalue weighted by atomic mass is 16.5. The molecule has 3 rings (SSSR count). The van der Waals surface area contributed by atoms with Gasteiger partial charge in [-0.05, 0) is 49.2 Å². The van der Waals surface area contributed by atoms with Crippen molar-refractivity contribution in [3.05, 3.63) is 54.6 Å². The molecule has 2 aromatic rings. The van der Waals surface area contributed by atoms with Gasteiger partial charge in [-0.2, -0.15) is 0 Å². The van der Waals surface area contributed by atoms with Crippen LogP contribution in [0.5, 0.6) is 17.2 Å². The number of para-hydroxylation sites is 1. The van der Waals surface area contributed by atoms with E-state index >= 15 is 0 Å². The number of nitrogens with zero attached hydrogens (tertiary/aromatic N) is 1. The second kappa shape index (κ2) is 8.03. The Bertz CT molecular complexity index is 688. The molecule has 1 aliphatic heterocycles. The first kappa shape index (κ1) is 17.3. The van der Waals surface area contributed by atoms with Crippen LogP contribution in [0.15, 0.2) is 54.6 Å². The van der Waals surface area contributed by atoms with Gasteiger partial charge in [-0.15, -0.1) is 0 Å². The Labute approximate surface area is 148 Å². The zero-order chi connectivity index (χ0) is 17.6. The molecule has 0 spiro atoms. The van der Waals surface area contributed by atoms with E-state index in [1.807, 2.05) is 61.5 Å². The Hall–Kier alpha value is -2.53. The van der Waals surface area contributed by atoms with E-state index in [4.69, 9.17) is 15.2 Å². The number of hydrogen-bond acceptors (Lipinski definition) is 4. The molecule has 5 heteroatoms. The second-order valence-electron chi connectivity index (χ2n) is 6.24. The lowest BCUT2D eigenvalue weighted by Gasteiger charge is -2.23. The van der Waals surface area contributed by atoms with Crippen LogP contribution in [0.25, 0.3) is 0 Å². The number of ether oxygens (including phenoxy) is 2. The van der Waals surface area contributed by atoms with Crippen LogP contribution >= 0.6 is 0 Å². The van der Waals surface area contributed by atoms with Gasteiger partial charge in [-0.3, -0.25) is 9.69 Å². The van der Waals surface area contributed by atoms with Crippen LogP contribution in [0.3, 0.4) is 0 Å². The summed E-state index contributed by atoms with van der Waals surface area (Å²) in [5.41, 5.74) is 5.47. The average molecular weight is 340 g/mol. The Morgan fingerprint density at radius 2 is 1.76 bits per heavy atom. The molecule has 25 heavy (non-hydrogen) atoms. The molecule has 0 bridgehead atoms. The lowest BCUT2D eigenvalue weighted by atomic mass is 10.2. The predicted molar refractivity (Wildman–Crippen MR) is 96.8 cm³/mol. The molecule has 2 aromatic carbocycles. The van der Waals surface area contributed by atoms with Gasteiger partial charge in [0.05, 0.1) is 6.04 Å². The molecular weight excluding hydrogens is 316 g/mol. The quantitative estimate of drug-likeness (QED) is 0.841. The van der Waals surface area contributed by atoms with E-state index in [0.29, 0.717) is 0 Å². The maximum Gasteiger partial charge on any atom is 0.234 e. The van der Waals surface area contributed by atoms with Crippen LogP contribution in [0.4, 0.5) is 0 Å². The van der Waals surface area contributed by atoms with E-state index in [9.17, 15) is 4.79 Å². The summed E-state index contributed by atoms with van der Waals surface area (Å²) in [6.45, 7) is 3.54. The SMILES string of the molecule is CCC(C(N)=O)N1CCC(Oc2ccc(Oc3ccccc3)cc2)C1. The summed E-state index contributed by atoms with van der Waals surface area (Å²) in [4.78, 5) is 13.6. The highest BCUT2D eigenvalue weighted by Crippen LogP contribution is 2.25. The lowest BCUT2D eigenvalue weighted by Crippen LogP contribution is -2.43. The third-order valence-electron chi connectivity index (χ3n) is 4.44. The molecule has 2 N–H and O–H groups in total. The first-order chi connectivity index (χ1) is 12.2. The van der Waals surface area contributed by atoms with Gasteiger partial charge < -0.3 is 15.2 Å². The number of hydrogen-bond donors (Lipinski definition) is 1. The van der Waals surface area contributed by atoms with Gasteiger partial charge in [0.15, 0.2) is 0 Å². The van der Waals surface area contributed by atoms with Crippen molar-refractivity contribution in [2.24, 2.45) is 5.73 Å². The predicted octanol–water partition coefficient (Wildman–Crippen LogP) is 3.20. The van der Waals surface area contributed by atoms with Crippen molar-refractivity contribution in [2.45, 2.75) is 31.9 Å². The Morgan fingerprint density at radius 1 is 1.12 bits per heavy atom. The van der Waals surface area contributed by atoms with Crippen molar-refractivity contribution in [2.75, 3.05) is 13.1 Å². The zero-order valence-electron chi connectivity index (χ0n) is 14.4. The first-order valence-corrected chi connectivity index (χ1v) is 8.68. The van der Waals surface area contributed by atoms with E-state index in [-0.39, 0.29) is 18.1 Å². The molecule has 1 heterocycles. The smallest absolute Gasteiger partial charge is 0.234 e. The summed E-state index contributed by atoms with van der Waals surface area (Å²) < 4.78 is 11.8. The molecule has 0 aliphatic carbocycles. The minimum absolute atomic E-state index is 0.0780. The highest BCUT2D eigenvalue weighted by Gasteiger charge is 2.31. The number of nitrogens with two attached hydrogens (primary N) is 1. The minimum atomic E-state index is -0.259. The van der Waals surface area contributed by atoms with Crippen LogP contribution in [-0.2, 0) is 4.79 Å². The third kappa shape index (κ3) is 4.51. The van der Waals surface area contributed by atoms with Crippen molar-refractivity contribution in [3.8, 4) is 17.2 Å². The summed E-state index contributed by atoms with van der Waals surface area (Å²) in [5, 5.41) is 0. The van der Waals surface area contributed by atoms with Crippen LogP contribution in [0, 0.1) is 0 Å². The monoisotopic (exact) mass is 340 g/mol. The standard InChI is InChI=1S/C20H24N2O3/c1-2-19(20(21)23)22-13-12-18(14-22)25-17-10-8-16(9-11-17)24-15-6-4-3-5-7-15/h3-11,18-19H,2,12-14H2,1H3,(H2,21,23). The zero-order valence-corrected chi connectivity index (χ0v) is 14.4. The van der Waals surface area contributed by atoms with E-state index in [1.54, 1.807) is 0 Å². The largest absolute Gasteiger partial charge is 0.489 e. The van der Waals surface area contributed by atoms with E-state index in [0.717, 1.165) is 43.2 Å². The number of benzene rings is 2. The maximum atomic E-state index is 11.5. The van der Waals surface area contributed by atoms with Gasteiger partial charge in [0.25, 0.3) is 0 Å². The number of carbonyl (C=O) groups is 1. The topological polar surface area (TPSA) is 64.8 Å². The van der Waals surface area contributed by atoms with Crippen LogP contribution < -0.4 is 15.2 Å². The molecule has 1 amide bonds. The lowest BCUT2D eigenvalue weighted by molar-refractivity contribution is -0.123. The highest BCUT2D eigenvalue weighted by molar-refractivity contribution is 5.79. The molecule has 0 aromatic heterocycles. The summed E-state index contributed by atoms with van der Waals surface area (Å²) in [6, 6.07) is 17.1. The average Bonchev–Trinajstić information content (AvgIpc) is 3.06. The molecule has 132 valence electrons. The molecule has 1 aliphatic rings. The number of amides is 1. The molecule has 5 nitrogen and oxygen atoms in total. The fraction of sp³-hybridized carbons (Fsp3) is 0.350. The van der Waals surface area contributed by atoms with Crippen molar-refractivity contribution in [3.63, 3.8) is 0 Å². The van der Waals surface area contributed by atoms with Gasteiger partial charge in [-0.1, -0.05) is 25.1 Å². The summed E-state index contributed by atoms with van der Waals surface area (Å²) in [5.74, 6) is 2.12. The van der Waals surface area contributed by atoms with E-state index in [2.05, 4.69) is 4.90 Å². The Kier molecular flexibility index (Phi) is 5.56. The number of primary amides is 1. The van der Waals surface area contributed by atoms with Gasteiger partial charge in [0.2, 0.25) is 5.91 Å². The van der Waals surface area contributed by atoms with E-state index < -0.39 is 0 Å². The Morgan fingerprint density at radius 3 is 2.40 bits per heavy atom. The number of rotatable bonds is 7. The molecular formula is C20H24N2O3.